The minimum Gasteiger partial charge on any atom is -0.495 e. The third-order valence-electron chi connectivity index (χ3n) is 6.74. The maximum absolute atomic E-state index is 13.7. The fourth-order valence-corrected chi connectivity index (χ4v) is 4.76. The minimum atomic E-state index is -4.68. The quantitative estimate of drug-likeness (QED) is 0.422. The van der Waals surface area contributed by atoms with Gasteiger partial charge in [-0.15, -0.1) is 0 Å². The first-order chi connectivity index (χ1) is 18.3. The van der Waals surface area contributed by atoms with Crippen LogP contribution in [0.4, 0.5) is 24.8 Å². The number of carbonyl (C=O) groups is 1. The molecule has 0 spiro atoms. The van der Waals surface area contributed by atoms with Gasteiger partial charge in [-0.1, -0.05) is 24.3 Å². The van der Waals surface area contributed by atoms with Crippen LogP contribution in [0.15, 0.2) is 48.7 Å². The molecule has 5 rings (SSSR count). The molecular formula is C27H28F3N5O3. The van der Waals surface area contributed by atoms with Crippen molar-refractivity contribution < 1.29 is 27.4 Å². The summed E-state index contributed by atoms with van der Waals surface area (Å²) in [6.45, 7) is 1.70. The van der Waals surface area contributed by atoms with Crippen molar-refractivity contribution in [2.75, 3.05) is 25.5 Å². The first kappa shape index (κ1) is 25.8. The number of hydrogen-bond donors (Lipinski definition) is 3. The Hall–Kier alpha value is -3.86. The van der Waals surface area contributed by atoms with E-state index in [1.54, 1.807) is 18.2 Å². The second-order valence-electron chi connectivity index (χ2n) is 9.36. The highest BCUT2D eigenvalue weighted by atomic mass is 19.4. The molecule has 3 N–H and O–H groups in total. The first-order valence-electron chi connectivity index (χ1n) is 12.4. The molecule has 0 radical (unpaired) electrons. The molecule has 1 aromatic heterocycles. The fraction of sp³-hybridized carbons (Fsp3) is 0.370. The summed E-state index contributed by atoms with van der Waals surface area (Å²) in [4.78, 5) is 20.6. The molecule has 1 amide bonds. The van der Waals surface area contributed by atoms with Crippen LogP contribution in [-0.4, -0.2) is 48.2 Å². The predicted octanol–water partition coefficient (Wildman–Crippen LogP) is 4.28. The highest BCUT2D eigenvalue weighted by Crippen LogP contribution is 2.37. The van der Waals surface area contributed by atoms with Crippen LogP contribution < -0.4 is 25.4 Å². The van der Waals surface area contributed by atoms with Crippen LogP contribution in [0.5, 0.6) is 11.6 Å². The van der Waals surface area contributed by atoms with Crippen molar-refractivity contribution in [2.45, 2.75) is 44.0 Å². The van der Waals surface area contributed by atoms with Gasteiger partial charge in [-0.25, -0.2) is 4.98 Å². The zero-order chi connectivity index (χ0) is 26.7. The van der Waals surface area contributed by atoms with E-state index < -0.39 is 23.7 Å². The third-order valence-corrected chi connectivity index (χ3v) is 6.74. The van der Waals surface area contributed by atoms with Gasteiger partial charge < -0.3 is 25.4 Å². The Bertz CT molecular complexity index is 1290. The molecule has 8 nitrogen and oxygen atoms in total. The maximum atomic E-state index is 13.7. The molecule has 38 heavy (non-hydrogen) atoms. The molecule has 200 valence electrons. The number of amides is 1. The Kier molecular flexibility index (Phi) is 7.37. The third kappa shape index (κ3) is 5.83. The lowest BCUT2D eigenvalue weighted by molar-refractivity contribution is -0.139. The van der Waals surface area contributed by atoms with Gasteiger partial charge in [-0.05, 0) is 55.3 Å². The lowest BCUT2D eigenvalue weighted by Crippen LogP contribution is -2.42. The highest BCUT2D eigenvalue weighted by molar-refractivity contribution is 5.95. The second-order valence-corrected chi connectivity index (χ2v) is 9.36. The Labute approximate surface area is 218 Å². The topological polar surface area (TPSA) is 97.4 Å². The normalized spacial score (nSPS) is 16.1. The number of ether oxygens (including phenoxy) is 2. The summed E-state index contributed by atoms with van der Waals surface area (Å²) < 4.78 is 52.3. The van der Waals surface area contributed by atoms with E-state index in [1.165, 1.54) is 7.11 Å². The summed E-state index contributed by atoms with van der Waals surface area (Å²) in [6.07, 6.45) is -1.75. The number of piperidine rings is 1. The van der Waals surface area contributed by atoms with E-state index in [1.807, 2.05) is 24.3 Å². The largest absolute Gasteiger partial charge is 0.495 e. The molecule has 2 aliphatic rings. The summed E-state index contributed by atoms with van der Waals surface area (Å²) in [7, 11) is 1.44. The number of alkyl halides is 3. The number of rotatable bonds is 7. The monoisotopic (exact) mass is 527 g/mol. The molecule has 0 saturated carbocycles. The number of carbonyl (C=O) groups excluding carboxylic acids is 1. The van der Waals surface area contributed by atoms with Crippen LogP contribution in [-0.2, 0) is 19.0 Å². The number of nitrogens with zero attached hydrogens (tertiary/aromatic N) is 2. The van der Waals surface area contributed by atoms with Gasteiger partial charge in [0.25, 0.3) is 5.91 Å². The SMILES string of the molecule is COc1cc(C(=O)NC2CCNCC2)ccc1Nc1ncc(C(F)(F)F)c(OC2Cc3ccccc3C2)n1. The van der Waals surface area contributed by atoms with Crippen LogP contribution >= 0.6 is 0 Å². The molecule has 1 fully saturated rings. The van der Waals surface area contributed by atoms with Crippen molar-refractivity contribution in [3.63, 3.8) is 0 Å². The number of anilines is 2. The Morgan fingerprint density at radius 2 is 1.79 bits per heavy atom. The van der Waals surface area contributed by atoms with Gasteiger partial charge in [0.15, 0.2) is 0 Å². The molecule has 2 aromatic carbocycles. The van der Waals surface area contributed by atoms with Gasteiger partial charge in [0.1, 0.15) is 17.4 Å². The van der Waals surface area contributed by atoms with Gasteiger partial charge in [-0.2, -0.15) is 18.2 Å². The Morgan fingerprint density at radius 3 is 2.45 bits per heavy atom. The van der Waals surface area contributed by atoms with Crippen molar-refractivity contribution in [3.8, 4) is 11.6 Å². The van der Waals surface area contributed by atoms with Crippen LogP contribution in [0.2, 0.25) is 0 Å². The van der Waals surface area contributed by atoms with Crippen molar-refractivity contribution >= 4 is 17.5 Å². The molecular weight excluding hydrogens is 499 g/mol. The van der Waals surface area contributed by atoms with Gasteiger partial charge in [0, 0.05) is 30.6 Å². The minimum absolute atomic E-state index is 0.0891. The predicted molar refractivity (Wildman–Crippen MR) is 135 cm³/mol. The van der Waals surface area contributed by atoms with Gasteiger partial charge in [-0.3, -0.25) is 4.79 Å². The summed E-state index contributed by atoms with van der Waals surface area (Å²) in [6, 6.07) is 12.5. The number of halogens is 3. The molecule has 0 atom stereocenters. The van der Waals surface area contributed by atoms with Crippen molar-refractivity contribution in [1.82, 2.24) is 20.6 Å². The standard InChI is InChI=1S/C27H28F3N5O3/c1-37-23-14-18(24(36)33-19-8-10-31-11-9-19)6-7-22(23)34-26-32-15-21(27(28,29)30)25(35-26)38-20-12-16-4-2-3-5-17(16)13-20/h2-7,14-15,19-20,31H,8-13H2,1H3,(H,33,36)(H,32,34,35). The lowest BCUT2D eigenvalue weighted by atomic mass is 10.1. The summed E-state index contributed by atoms with van der Waals surface area (Å²) >= 11 is 0. The smallest absolute Gasteiger partial charge is 0.423 e. The van der Waals surface area contributed by atoms with E-state index in [4.69, 9.17) is 9.47 Å². The first-order valence-corrected chi connectivity index (χ1v) is 12.4. The van der Waals surface area contributed by atoms with Gasteiger partial charge in [0.2, 0.25) is 11.8 Å². The summed E-state index contributed by atoms with van der Waals surface area (Å²) in [5, 5.41) is 9.17. The van der Waals surface area contributed by atoms with Crippen LogP contribution in [0, 0.1) is 0 Å². The molecule has 1 aliphatic heterocycles. The lowest BCUT2D eigenvalue weighted by Gasteiger charge is -2.23. The number of benzene rings is 2. The summed E-state index contributed by atoms with van der Waals surface area (Å²) in [5.41, 5.74) is 1.85. The van der Waals surface area contributed by atoms with Crippen molar-refractivity contribution in [2.24, 2.45) is 0 Å². The molecule has 1 aliphatic carbocycles. The maximum Gasteiger partial charge on any atom is 0.423 e. The fourth-order valence-electron chi connectivity index (χ4n) is 4.76. The molecule has 1 saturated heterocycles. The van der Waals surface area contributed by atoms with Gasteiger partial charge in [0.05, 0.1) is 12.8 Å². The van der Waals surface area contributed by atoms with E-state index in [-0.39, 0.29) is 17.9 Å². The number of nitrogens with one attached hydrogen (secondary N) is 3. The second kappa shape index (κ2) is 10.9. The molecule has 3 aromatic rings. The van der Waals surface area contributed by atoms with Crippen molar-refractivity contribution in [3.05, 3.63) is 70.9 Å². The van der Waals surface area contributed by atoms with E-state index in [0.717, 1.165) is 37.1 Å². The zero-order valence-corrected chi connectivity index (χ0v) is 20.8. The summed E-state index contributed by atoms with van der Waals surface area (Å²) in [5.74, 6) is -0.528. The Morgan fingerprint density at radius 1 is 1.08 bits per heavy atom. The zero-order valence-electron chi connectivity index (χ0n) is 20.8. The Balaban J connectivity index is 1.34. The van der Waals surface area contributed by atoms with Gasteiger partial charge >= 0.3 is 6.18 Å². The highest BCUT2D eigenvalue weighted by Gasteiger charge is 2.37. The van der Waals surface area contributed by atoms with E-state index in [9.17, 15) is 18.0 Å². The number of methoxy groups -OCH3 is 1. The molecule has 2 heterocycles. The average Bonchev–Trinajstić information content (AvgIpc) is 3.31. The number of hydrogen-bond acceptors (Lipinski definition) is 7. The van der Waals surface area contributed by atoms with Crippen LogP contribution in [0.25, 0.3) is 0 Å². The van der Waals surface area contributed by atoms with Crippen LogP contribution in [0.1, 0.15) is 39.9 Å². The van der Waals surface area contributed by atoms with E-state index in [2.05, 4.69) is 25.9 Å². The molecule has 11 heteroatoms. The average molecular weight is 528 g/mol. The van der Waals surface area contributed by atoms with Crippen LogP contribution in [0.3, 0.4) is 0 Å². The number of aromatic nitrogens is 2. The number of fused-ring (bicyclic) bond motifs is 1. The molecule has 0 bridgehead atoms. The van der Waals surface area contributed by atoms with E-state index >= 15 is 0 Å². The molecule has 0 unspecified atom stereocenters. The van der Waals surface area contributed by atoms with E-state index in [0.29, 0.717) is 36.0 Å². The van der Waals surface area contributed by atoms with Crippen molar-refractivity contribution in [1.29, 1.82) is 0 Å².